The zero-order chi connectivity index (χ0) is 15.0. The molecule has 20 heavy (non-hydrogen) atoms. The van der Waals surface area contributed by atoms with Gasteiger partial charge in [0.25, 0.3) is 0 Å². The van der Waals surface area contributed by atoms with E-state index in [9.17, 15) is 5.11 Å². The number of hydrogen-bond acceptors (Lipinski definition) is 3. The summed E-state index contributed by atoms with van der Waals surface area (Å²) in [4.78, 5) is 0. The van der Waals surface area contributed by atoms with Crippen LogP contribution in [0.3, 0.4) is 0 Å². The van der Waals surface area contributed by atoms with Crippen molar-refractivity contribution >= 4 is 8.07 Å². The number of methoxy groups -OCH3 is 1. The summed E-state index contributed by atoms with van der Waals surface area (Å²) in [7, 11) is 0.244. The van der Waals surface area contributed by atoms with Crippen LogP contribution in [0.5, 0.6) is 5.75 Å². The Morgan fingerprint density at radius 2 is 1.85 bits per heavy atom. The fourth-order valence-electron chi connectivity index (χ4n) is 1.48. The second-order valence-corrected chi connectivity index (χ2v) is 10.5. The number of ether oxygens (including phenoxy) is 2. The van der Waals surface area contributed by atoms with Crippen LogP contribution < -0.4 is 4.74 Å². The largest absolute Gasteiger partial charge is 0.497 e. The fraction of sp³-hybridized carbons (Fsp3) is 0.500. The Bertz CT molecular complexity index is 451. The molecule has 0 heterocycles. The summed E-state index contributed by atoms with van der Waals surface area (Å²) in [5.41, 5.74) is 4.25. The summed E-state index contributed by atoms with van der Waals surface area (Å²) >= 11 is 0. The van der Waals surface area contributed by atoms with Crippen LogP contribution in [-0.4, -0.2) is 33.0 Å². The molecule has 110 valence electrons. The van der Waals surface area contributed by atoms with Crippen molar-refractivity contribution in [3.8, 4) is 17.2 Å². The van der Waals surface area contributed by atoms with E-state index in [1.54, 1.807) is 7.11 Å². The molecular formula is C16H24O3Si. The molecule has 0 radical (unpaired) electrons. The first kappa shape index (κ1) is 16.8. The first-order valence-electron chi connectivity index (χ1n) is 6.82. The van der Waals surface area contributed by atoms with Gasteiger partial charge < -0.3 is 14.6 Å². The fourth-order valence-corrected chi connectivity index (χ4v) is 2.08. The van der Waals surface area contributed by atoms with Gasteiger partial charge in [-0.25, -0.2) is 0 Å². The van der Waals surface area contributed by atoms with E-state index in [1.165, 1.54) is 0 Å². The molecule has 0 aliphatic rings. The van der Waals surface area contributed by atoms with E-state index in [-0.39, 0.29) is 0 Å². The molecule has 0 amide bonds. The second kappa shape index (κ2) is 8.10. The molecule has 0 saturated heterocycles. The highest BCUT2D eigenvalue weighted by Gasteiger charge is 2.08. The first-order chi connectivity index (χ1) is 9.40. The summed E-state index contributed by atoms with van der Waals surface area (Å²) in [6, 6.07) is 7.76. The third-order valence-electron chi connectivity index (χ3n) is 2.58. The third kappa shape index (κ3) is 7.34. The summed E-state index contributed by atoms with van der Waals surface area (Å²) in [6.07, 6.45) is -0.0363. The summed E-state index contributed by atoms with van der Waals surface area (Å²) in [5, 5.41) is 9.73. The maximum absolute atomic E-state index is 9.73. The Kier molecular flexibility index (Phi) is 6.80. The highest BCUT2D eigenvalue weighted by atomic mass is 28.3. The summed E-state index contributed by atoms with van der Waals surface area (Å²) in [6.45, 7) is 7.53. The monoisotopic (exact) mass is 292 g/mol. The zero-order valence-corrected chi connectivity index (χ0v) is 13.8. The van der Waals surface area contributed by atoms with Gasteiger partial charge in [0.05, 0.1) is 20.3 Å². The van der Waals surface area contributed by atoms with Crippen LogP contribution >= 0.6 is 0 Å². The highest BCUT2D eigenvalue weighted by Crippen LogP contribution is 2.12. The lowest BCUT2D eigenvalue weighted by molar-refractivity contribution is 0.0907. The van der Waals surface area contributed by atoms with Gasteiger partial charge in [-0.15, -0.1) is 5.54 Å². The van der Waals surface area contributed by atoms with Crippen molar-refractivity contribution in [1.82, 2.24) is 0 Å². The molecule has 0 fully saturated rings. The lowest BCUT2D eigenvalue weighted by atomic mass is 10.2. The Labute approximate surface area is 122 Å². The molecule has 0 aromatic heterocycles. The van der Waals surface area contributed by atoms with Crippen LogP contribution in [-0.2, 0) is 11.3 Å². The summed E-state index contributed by atoms with van der Waals surface area (Å²) < 4.78 is 10.6. The van der Waals surface area contributed by atoms with Crippen molar-refractivity contribution in [3.63, 3.8) is 0 Å². The lowest BCUT2D eigenvalue weighted by Gasteiger charge is -2.08. The molecular weight excluding hydrogens is 268 g/mol. The van der Waals surface area contributed by atoms with Gasteiger partial charge in [-0.2, -0.15) is 0 Å². The van der Waals surface area contributed by atoms with Gasteiger partial charge in [-0.3, -0.25) is 0 Å². The lowest BCUT2D eigenvalue weighted by Crippen LogP contribution is -2.18. The van der Waals surface area contributed by atoms with Gasteiger partial charge in [0, 0.05) is 6.42 Å². The minimum absolute atomic E-state index is 0.508. The van der Waals surface area contributed by atoms with E-state index in [0.29, 0.717) is 19.6 Å². The van der Waals surface area contributed by atoms with Gasteiger partial charge in [-0.05, 0) is 17.7 Å². The van der Waals surface area contributed by atoms with Crippen LogP contribution in [0.15, 0.2) is 24.3 Å². The van der Waals surface area contributed by atoms with Gasteiger partial charge in [0.2, 0.25) is 0 Å². The Hall–Kier alpha value is -1.28. The van der Waals surface area contributed by atoms with Crippen molar-refractivity contribution in [1.29, 1.82) is 0 Å². The van der Waals surface area contributed by atoms with Crippen LogP contribution in [0.4, 0.5) is 0 Å². The molecule has 0 unspecified atom stereocenters. The minimum Gasteiger partial charge on any atom is -0.497 e. The molecule has 1 aromatic carbocycles. The molecule has 4 heteroatoms. The highest BCUT2D eigenvalue weighted by molar-refractivity contribution is 6.83. The van der Waals surface area contributed by atoms with Crippen molar-refractivity contribution in [2.45, 2.75) is 38.8 Å². The molecule has 0 aliphatic heterocycles. The predicted octanol–water partition coefficient (Wildman–Crippen LogP) is 2.84. The molecule has 0 spiro atoms. The summed E-state index contributed by atoms with van der Waals surface area (Å²) in [5.74, 6) is 3.75. The molecule has 1 rings (SSSR count). The van der Waals surface area contributed by atoms with E-state index in [0.717, 1.165) is 11.3 Å². The van der Waals surface area contributed by atoms with Crippen molar-refractivity contribution in [2.24, 2.45) is 0 Å². The number of benzene rings is 1. The van der Waals surface area contributed by atoms with Gasteiger partial charge in [0.1, 0.15) is 19.9 Å². The molecule has 0 saturated carbocycles. The number of rotatable bonds is 6. The predicted molar refractivity (Wildman–Crippen MR) is 84.4 cm³/mol. The Balaban J connectivity index is 2.25. The topological polar surface area (TPSA) is 38.7 Å². The molecule has 1 atom stereocenters. The second-order valence-electron chi connectivity index (χ2n) is 5.72. The molecule has 1 aromatic rings. The van der Waals surface area contributed by atoms with E-state index in [1.807, 2.05) is 24.3 Å². The van der Waals surface area contributed by atoms with Crippen LogP contribution in [0.2, 0.25) is 19.6 Å². The van der Waals surface area contributed by atoms with E-state index in [2.05, 4.69) is 31.1 Å². The van der Waals surface area contributed by atoms with Crippen molar-refractivity contribution < 1.29 is 14.6 Å². The number of aliphatic hydroxyl groups excluding tert-OH is 1. The number of aliphatic hydroxyl groups is 1. The van der Waals surface area contributed by atoms with Crippen LogP contribution in [0, 0.1) is 11.5 Å². The Morgan fingerprint density at radius 1 is 1.20 bits per heavy atom. The van der Waals surface area contributed by atoms with Crippen molar-refractivity contribution in [3.05, 3.63) is 29.8 Å². The molecule has 1 N–H and O–H groups in total. The normalized spacial score (nSPS) is 12.4. The molecule has 3 nitrogen and oxygen atoms in total. The maximum atomic E-state index is 9.73. The smallest absolute Gasteiger partial charge is 0.129 e. The standard InChI is InChI=1S/C16H24O3Si/c1-18-16-7-5-14(6-8-16)13-19-11-9-15(17)10-12-20(2,3)4/h5-8,15,17H,9,11,13H2,1-4H3/t15-/m0/s1. The minimum atomic E-state index is -1.40. The maximum Gasteiger partial charge on any atom is 0.129 e. The molecule has 0 aliphatic carbocycles. The van der Waals surface area contributed by atoms with Gasteiger partial charge in [-0.1, -0.05) is 37.7 Å². The van der Waals surface area contributed by atoms with E-state index < -0.39 is 14.2 Å². The first-order valence-corrected chi connectivity index (χ1v) is 10.3. The Morgan fingerprint density at radius 3 is 2.40 bits per heavy atom. The average Bonchev–Trinajstić information content (AvgIpc) is 2.41. The third-order valence-corrected chi connectivity index (χ3v) is 3.47. The van der Waals surface area contributed by atoms with Crippen molar-refractivity contribution in [2.75, 3.05) is 13.7 Å². The van der Waals surface area contributed by atoms with Crippen LogP contribution in [0.1, 0.15) is 12.0 Å². The van der Waals surface area contributed by atoms with Crippen LogP contribution in [0.25, 0.3) is 0 Å². The average molecular weight is 292 g/mol. The SMILES string of the molecule is COc1ccc(COCC[C@H](O)C#C[Si](C)(C)C)cc1. The van der Waals surface area contributed by atoms with Gasteiger partial charge >= 0.3 is 0 Å². The quantitative estimate of drug-likeness (QED) is 0.498. The van der Waals surface area contributed by atoms with E-state index >= 15 is 0 Å². The molecule has 0 bridgehead atoms. The van der Waals surface area contributed by atoms with Gasteiger partial charge in [0.15, 0.2) is 0 Å². The number of hydrogen-bond donors (Lipinski definition) is 1. The van der Waals surface area contributed by atoms with E-state index in [4.69, 9.17) is 9.47 Å². The zero-order valence-electron chi connectivity index (χ0n) is 12.8.